The molecule has 2 rings (SSSR count). The number of carbonyl (C=O) groups excluding carboxylic acids is 2. The van der Waals surface area contributed by atoms with E-state index in [1.165, 1.54) is 0 Å². The molecule has 1 fully saturated rings. The lowest BCUT2D eigenvalue weighted by molar-refractivity contribution is 0.0859. The van der Waals surface area contributed by atoms with E-state index in [0.29, 0.717) is 19.7 Å². The van der Waals surface area contributed by atoms with Gasteiger partial charge >= 0.3 is 6.09 Å². The Kier molecular flexibility index (Phi) is 5.11. The van der Waals surface area contributed by atoms with Gasteiger partial charge in [0, 0.05) is 37.6 Å². The van der Waals surface area contributed by atoms with Gasteiger partial charge in [0.05, 0.1) is 12.2 Å². The first kappa shape index (κ1) is 16.4. The van der Waals surface area contributed by atoms with Crippen LogP contribution >= 0.6 is 0 Å². The monoisotopic (exact) mass is 307 g/mol. The summed E-state index contributed by atoms with van der Waals surface area (Å²) in [5.41, 5.74) is 2.77. The molecule has 1 N–H and O–H groups in total. The number of ether oxygens (including phenoxy) is 1. The molecule has 0 aromatic carbocycles. The molecule has 0 aliphatic carbocycles. The van der Waals surface area contributed by atoms with E-state index < -0.39 is 0 Å². The minimum Gasteiger partial charge on any atom is -0.450 e. The Morgan fingerprint density at radius 1 is 1.32 bits per heavy atom. The lowest BCUT2D eigenvalue weighted by atomic mass is 10.0. The van der Waals surface area contributed by atoms with E-state index in [-0.39, 0.29) is 18.0 Å². The zero-order valence-electron chi connectivity index (χ0n) is 13.8. The summed E-state index contributed by atoms with van der Waals surface area (Å²) < 4.78 is 7.01. The molecule has 0 radical (unpaired) electrons. The van der Waals surface area contributed by atoms with E-state index in [1.807, 2.05) is 31.5 Å². The SMILES string of the molecule is CCOC(=O)N1CCC(NC(=O)c2cc(C)n(C)c2C)CC1. The molecule has 122 valence electrons. The third-order valence-corrected chi connectivity index (χ3v) is 4.38. The van der Waals surface area contributed by atoms with E-state index in [1.54, 1.807) is 11.8 Å². The van der Waals surface area contributed by atoms with Gasteiger partial charge in [-0.05, 0) is 39.7 Å². The summed E-state index contributed by atoms with van der Waals surface area (Å²) in [4.78, 5) is 25.7. The zero-order valence-corrected chi connectivity index (χ0v) is 13.8. The van der Waals surface area contributed by atoms with Gasteiger partial charge in [-0.15, -0.1) is 0 Å². The number of rotatable bonds is 3. The number of piperidine rings is 1. The van der Waals surface area contributed by atoms with Crippen LogP contribution in [0.15, 0.2) is 6.07 Å². The van der Waals surface area contributed by atoms with Gasteiger partial charge in [0.25, 0.3) is 5.91 Å². The molecule has 0 saturated carbocycles. The van der Waals surface area contributed by atoms with Gasteiger partial charge in [0.1, 0.15) is 0 Å². The molecule has 6 heteroatoms. The molecule has 0 bridgehead atoms. The second kappa shape index (κ2) is 6.85. The number of amides is 2. The van der Waals surface area contributed by atoms with Gasteiger partial charge in [0.15, 0.2) is 0 Å². The van der Waals surface area contributed by atoms with Gasteiger partial charge in [-0.25, -0.2) is 4.79 Å². The summed E-state index contributed by atoms with van der Waals surface area (Å²) in [7, 11) is 1.96. The molecule has 2 amide bonds. The highest BCUT2D eigenvalue weighted by molar-refractivity contribution is 5.95. The summed E-state index contributed by atoms with van der Waals surface area (Å²) >= 11 is 0. The highest BCUT2D eigenvalue weighted by Crippen LogP contribution is 2.16. The summed E-state index contributed by atoms with van der Waals surface area (Å²) in [5.74, 6) is -0.0317. The predicted octanol–water partition coefficient (Wildman–Crippen LogP) is 1.99. The van der Waals surface area contributed by atoms with Crippen LogP contribution in [0.4, 0.5) is 4.79 Å². The van der Waals surface area contributed by atoms with Crippen LogP contribution in [-0.2, 0) is 11.8 Å². The first-order chi connectivity index (χ1) is 10.4. The second-order valence-electron chi connectivity index (χ2n) is 5.78. The van der Waals surface area contributed by atoms with Crippen molar-refractivity contribution < 1.29 is 14.3 Å². The highest BCUT2D eigenvalue weighted by atomic mass is 16.6. The van der Waals surface area contributed by atoms with Crippen molar-refractivity contribution in [1.82, 2.24) is 14.8 Å². The van der Waals surface area contributed by atoms with Crippen molar-refractivity contribution >= 4 is 12.0 Å². The summed E-state index contributed by atoms with van der Waals surface area (Å²) in [5, 5.41) is 3.08. The van der Waals surface area contributed by atoms with Crippen LogP contribution in [0, 0.1) is 13.8 Å². The van der Waals surface area contributed by atoms with Crippen LogP contribution in [0.3, 0.4) is 0 Å². The maximum atomic E-state index is 12.4. The van der Waals surface area contributed by atoms with E-state index in [0.717, 1.165) is 29.8 Å². The molecule has 1 aliphatic heterocycles. The van der Waals surface area contributed by atoms with E-state index >= 15 is 0 Å². The lowest BCUT2D eigenvalue weighted by Crippen LogP contribution is -2.46. The first-order valence-electron chi connectivity index (χ1n) is 7.79. The van der Waals surface area contributed by atoms with E-state index in [9.17, 15) is 9.59 Å². The lowest BCUT2D eigenvalue weighted by Gasteiger charge is -2.31. The Morgan fingerprint density at radius 2 is 1.95 bits per heavy atom. The summed E-state index contributed by atoms with van der Waals surface area (Å²) in [6, 6.07) is 2.02. The number of carbonyl (C=O) groups is 2. The van der Waals surface area contributed by atoms with Crippen molar-refractivity contribution in [1.29, 1.82) is 0 Å². The van der Waals surface area contributed by atoms with Crippen molar-refractivity contribution in [3.8, 4) is 0 Å². The quantitative estimate of drug-likeness (QED) is 0.929. The van der Waals surface area contributed by atoms with Crippen molar-refractivity contribution in [2.24, 2.45) is 7.05 Å². The van der Waals surface area contributed by atoms with Crippen LogP contribution < -0.4 is 5.32 Å². The Balaban J connectivity index is 1.89. The number of nitrogens with one attached hydrogen (secondary N) is 1. The fraction of sp³-hybridized carbons (Fsp3) is 0.625. The number of hydrogen-bond acceptors (Lipinski definition) is 3. The van der Waals surface area contributed by atoms with Crippen molar-refractivity contribution in [2.45, 2.75) is 39.7 Å². The highest BCUT2D eigenvalue weighted by Gasteiger charge is 2.25. The average molecular weight is 307 g/mol. The topological polar surface area (TPSA) is 63.6 Å². The van der Waals surface area contributed by atoms with Crippen LogP contribution in [0.1, 0.15) is 41.5 Å². The zero-order chi connectivity index (χ0) is 16.3. The molecule has 1 aromatic heterocycles. The molecule has 0 spiro atoms. The maximum Gasteiger partial charge on any atom is 0.409 e. The first-order valence-corrected chi connectivity index (χ1v) is 7.79. The molecule has 6 nitrogen and oxygen atoms in total. The molecule has 0 atom stereocenters. The molecular formula is C16H25N3O3. The van der Waals surface area contributed by atoms with Gasteiger partial charge in [-0.2, -0.15) is 0 Å². The Bertz CT molecular complexity index is 557. The van der Waals surface area contributed by atoms with Crippen LogP contribution in [0.5, 0.6) is 0 Å². The Hall–Kier alpha value is -1.98. The number of aryl methyl sites for hydroxylation is 1. The number of nitrogens with zero attached hydrogens (tertiary/aromatic N) is 2. The number of hydrogen-bond donors (Lipinski definition) is 1. The van der Waals surface area contributed by atoms with E-state index in [2.05, 4.69) is 5.32 Å². The van der Waals surface area contributed by atoms with Gasteiger partial charge in [-0.3, -0.25) is 4.79 Å². The minimum atomic E-state index is -0.262. The van der Waals surface area contributed by atoms with E-state index in [4.69, 9.17) is 4.74 Å². The van der Waals surface area contributed by atoms with Crippen molar-refractivity contribution in [2.75, 3.05) is 19.7 Å². The fourth-order valence-corrected chi connectivity index (χ4v) is 2.77. The summed E-state index contributed by atoms with van der Waals surface area (Å²) in [6.07, 6.45) is 1.26. The number of likely N-dealkylation sites (tertiary alicyclic amines) is 1. The standard InChI is InChI=1S/C16H25N3O3/c1-5-22-16(21)19-8-6-13(7-9-19)17-15(20)14-10-11(2)18(4)12(14)3/h10,13H,5-9H2,1-4H3,(H,17,20). The smallest absolute Gasteiger partial charge is 0.409 e. The largest absolute Gasteiger partial charge is 0.450 e. The average Bonchev–Trinajstić information content (AvgIpc) is 2.76. The second-order valence-corrected chi connectivity index (χ2v) is 5.78. The fourth-order valence-electron chi connectivity index (χ4n) is 2.77. The van der Waals surface area contributed by atoms with Crippen LogP contribution in [-0.4, -0.2) is 47.2 Å². The molecule has 2 heterocycles. The third kappa shape index (κ3) is 3.43. The van der Waals surface area contributed by atoms with Crippen molar-refractivity contribution in [3.05, 3.63) is 23.0 Å². The maximum absolute atomic E-state index is 12.4. The molecule has 0 unspecified atom stereocenters. The molecule has 22 heavy (non-hydrogen) atoms. The number of aromatic nitrogens is 1. The minimum absolute atomic E-state index is 0.0317. The van der Waals surface area contributed by atoms with Gasteiger partial charge in [0.2, 0.25) is 0 Å². The summed E-state index contributed by atoms with van der Waals surface area (Å²) in [6.45, 7) is 7.37. The molecule has 1 aliphatic rings. The van der Waals surface area contributed by atoms with Crippen molar-refractivity contribution in [3.63, 3.8) is 0 Å². The normalized spacial score (nSPS) is 15.7. The third-order valence-electron chi connectivity index (χ3n) is 4.38. The predicted molar refractivity (Wildman–Crippen MR) is 84.0 cm³/mol. The van der Waals surface area contributed by atoms with Gasteiger partial charge < -0.3 is 19.5 Å². The molecule has 1 saturated heterocycles. The van der Waals surface area contributed by atoms with Crippen LogP contribution in [0.25, 0.3) is 0 Å². The Labute approximate surface area is 131 Å². The van der Waals surface area contributed by atoms with Crippen LogP contribution in [0.2, 0.25) is 0 Å². The Morgan fingerprint density at radius 3 is 2.45 bits per heavy atom. The molecular weight excluding hydrogens is 282 g/mol. The van der Waals surface area contributed by atoms with Gasteiger partial charge in [-0.1, -0.05) is 0 Å². The molecule has 1 aromatic rings.